The van der Waals surface area contributed by atoms with Gasteiger partial charge in [-0.3, -0.25) is 4.79 Å². The molecule has 1 amide bonds. The van der Waals surface area contributed by atoms with Crippen molar-refractivity contribution in [3.8, 4) is 5.75 Å². The van der Waals surface area contributed by atoms with Gasteiger partial charge in [0.15, 0.2) is 0 Å². The number of aromatic carboxylic acids is 1. The molecule has 0 unspecified atom stereocenters. The zero-order chi connectivity index (χ0) is 15.3. The van der Waals surface area contributed by atoms with Gasteiger partial charge in [0.25, 0.3) is 0 Å². The van der Waals surface area contributed by atoms with Crippen LogP contribution in [0.5, 0.6) is 5.75 Å². The van der Waals surface area contributed by atoms with E-state index in [0.29, 0.717) is 18.0 Å². The van der Waals surface area contributed by atoms with Crippen LogP contribution < -0.4 is 10.1 Å². The Balaban J connectivity index is 2.91. The van der Waals surface area contributed by atoms with E-state index < -0.39 is 5.97 Å². The summed E-state index contributed by atoms with van der Waals surface area (Å²) in [6.07, 6.45) is 1.16. The summed E-state index contributed by atoms with van der Waals surface area (Å²) >= 11 is 5.98. The molecule has 0 saturated heterocycles. The number of methoxy groups -OCH3 is 1. The SMILES string of the molecule is COc1cc(NC(=O)CCC(C)C)c(Cl)cc1C(=O)O. The molecule has 0 spiro atoms. The van der Waals surface area contributed by atoms with Gasteiger partial charge in [-0.05, 0) is 18.4 Å². The third-order valence-corrected chi connectivity index (χ3v) is 3.06. The first-order valence-electron chi connectivity index (χ1n) is 6.25. The highest BCUT2D eigenvalue weighted by molar-refractivity contribution is 6.34. The van der Waals surface area contributed by atoms with Gasteiger partial charge in [-0.25, -0.2) is 4.79 Å². The second-order valence-corrected chi connectivity index (χ2v) is 5.23. The van der Waals surface area contributed by atoms with Crippen LogP contribution in [0.15, 0.2) is 12.1 Å². The molecule has 1 rings (SSSR count). The van der Waals surface area contributed by atoms with Crippen molar-refractivity contribution in [1.82, 2.24) is 0 Å². The highest BCUT2D eigenvalue weighted by Crippen LogP contribution is 2.31. The summed E-state index contributed by atoms with van der Waals surface area (Å²) in [6.45, 7) is 4.07. The quantitative estimate of drug-likeness (QED) is 0.844. The monoisotopic (exact) mass is 299 g/mol. The minimum atomic E-state index is -1.14. The van der Waals surface area contributed by atoms with Crippen molar-refractivity contribution in [3.63, 3.8) is 0 Å². The maximum atomic E-state index is 11.8. The van der Waals surface area contributed by atoms with Crippen molar-refractivity contribution in [2.24, 2.45) is 5.92 Å². The Morgan fingerprint density at radius 1 is 1.40 bits per heavy atom. The number of amides is 1. The lowest BCUT2D eigenvalue weighted by atomic mass is 10.1. The number of carboxylic acid groups (broad SMARTS) is 1. The van der Waals surface area contributed by atoms with Gasteiger partial charge in [0.1, 0.15) is 11.3 Å². The molecule has 0 heterocycles. The molecule has 0 aliphatic rings. The van der Waals surface area contributed by atoms with Crippen LogP contribution in [0.4, 0.5) is 5.69 Å². The van der Waals surface area contributed by atoms with Crippen molar-refractivity contribution >= 4 is 29.2 Å². The summed E-state index contributed by atoms with van der Waals surface area (Å²) in [5.41, 5.74) is 0.306. The van der Waals surface area contributed by atoms with E-state index in [9.17, 15) is 9.59 Å². The molecule has 1 aromatic carbocycles. The van der Waals surface area contributed by atoms with Gasteiger partial charge >= 0.3 is 5.97 Å². The average molecular weight is 300 g/mol. The molecule has 0 aliphatic heterocycles. The van der Waals surface area contributed by atoms with Gasteiger partial charge in [0.05, 0.1) is 17.8 Å². The number of hydrogen-bond acceptors (Lipinski definition) is 3. The Morgan fingerprint density at radius 3 is 2.55 bits per heavy atom. The molecular formula is C14H18ClNO4. The van der Waals surface area contributed by atoms with Crippen molar-refractivity contribution in [3.05, 3.63) is 22.7 Å². The maximum Gasteiger partial charge on any atom is 0.339 e. The summed E-state index contributed by atoms with van der Waals surface area (Å²) in [4.78, 5) is 22.8. The van der Waals surface area contributed by atoms with E-state index >= 15 is 0 Å². The minimum Gasteiger partial charge on any atom is -0.496 e. The summed E-state index contributed by atoms with van der Waals surface area (Å²) < 4.78 is 4.99. The van der Waals surface area contributed by atoms with E-state index in [0.717, 1.165) is 6.42 Å². The number of carbonyl (C=O) groups is 2. The summed E-state index contributed by atoms with van der Waals surface area (Å²) in [6, 6.07) is 2.68. The molecule has 0 bridgehead atoms. The van der Waals surface area contributed by atoms with E-state index in [1.54, 1.807) is 0 Å². The van der Waals surface area contributed by atoms with Crippen LogP contribution >= 0.6 is 11.6 Å². The molecule has 0 aliphatic carbocycles. The number of carboxylic acids is 1. The number of anilines is 1. The van der Waals surface area contributed by atoms with Crippen LogP contribution in [0.1, 0.15) is 37.0 Å². The first-order valence-corrected chi connectivity index (χ1v) is 6.63. The van der Waals surface area contributed by atoms with Crippen molar-refractivity contribution in [2.45, 2.75) is 26.7 Å². The highest BCUT2D eigenvalue weighted by atomic mass is 35.5. The maximum absolute atomic E-state index is 11.8. The van der Waals surface area contributed by atoms with E-state index in [4.69, 9.17) is 21.4 Å². The molecule has 20 heavy (non-hydrogen) atoms. The Kier molecular flexibility index (Phi) is 5.82. The van der Waals surface area contributed by atoms with E-state index in [1.807, 2.05) is 13.8 Å². The first kappa shape index (κ1) is 16.3. The fourth-order valence-corrected chi connectivity index (χ4v) is 1.83. The molecular weight excluding hydrogens is 282 g/mol. The zero-order valence-corrected chi connectivity index (χ0v) is 12.5. The molecule has 1 aromatic rings. The first-order chi connectivity index (χ1) is 9.35. The van der Waals surface area contributed by atoms with Gasteiger partial charge < -0.3 is 15.2 Å². The van der Waals surface area contributed by atoms with Crippen LogP contribution in [-0.2, 0) is 4.79 Å². The van der Waals surface area contributed by atoms with Crippen LogP contribution in [0.3, 0.4) is 0 Å². The molecule has 5 nitrogen and oxygen atoms in total. The number of ether oxygens (including phenoxy) is 1. The van der Waals surface area contributed by atoms with Crippen LogP contribution in [0.25, 0.3) is 0 Å². The molecule has 6 heteroatoms. The Hall–Kier alpha value is -1.75. The summed E-state index contributed by atoms with van der Waals surface area (Å²) in [7, 11) is 1.36. The van der Waals surface area contributed by atoms with Crippen molar-refractivity contribution in [1.29, 1.82) is 0 Å². The number of hydrogen-bond donors (Lipinski definition) is 2. The molecule has 0 radical (unpaired) electrons. The van der Waals surface area contributed by atoms with Crippen LogP contribution in [0, 0.1) is 5.92 Å². The molecule has 0 fully saturated rings. The predicted octanol–water partition coefficient (Wildman–Crippen LogP) is 3.42. The van der Waals surface area contributed by atoms with E-state index in [1.165, 1.54) is 19.2 Å². The Morgan fingerprint density at radius 2 is 2.05 bits per heavy atom. The number of benzene rings is 1. The second kappa shape index (κ2) is 7.14. The molecule has 2 N–H and O–H groups in total. The highest BCUT2D eigenvalue weighted by Gasteiger charge is 2.16. The molecule has 0 saturated carbocycles. The second-order valence-electron chi connectivity index (χ2n) is 4.82. The number of carbonyl (C=O) groups excluding carboxylic acids is 1. The van der Waals surface area contributed by atoms with Gasteiger partial charge in [0, 0.05) is 12.5 Å². The molecule has 0 atom stereocenters. The number of nitrogens with one attached hydrogen (secondary N) is 1. The Labute approximate surface area is 122 Å². The van der Waals surface area contributed by atoms with Crippen molar-refractivity contribution < 1.29 is 19.4 Å². The lowest BCUT2D eigenvalue weighted by molar-refractivity contribution is -0.116. The Bertz CT molecular complexity index is 514. The lowest BCUT2D eigenvalue weighted by Gasteiger charge is -2.12. The minimum absolute atomic E-state index is 0.0438. The van der Waals surface area contributed by atoms with Crippen LogP contribution in [-0.4, -0.2) is 24.1 Å². The van der Waals surface area contributed by atoms with Crippen LogP contribution in [0.2, 0.25) is 5.02 Å². The van der Waals surface area contributed by atoms with E-state index in [2.05, 4.69) is 5.32 Å². The van der Waals surface area contributed by atoms with Gasteiger partial charge in [-0.15, -0.1) is 0 Å². The average Bonchev–Trinajstić information content (AvgIpc) is 2.38. The number of halogens is 1. The third-order valence-electron chi connectivity index (χ3n) is 2.74. The smallest absolute Gasteiger partial charge is 0.339 e. The topological polar surface area (TPSA) is 75.6 Å². The van der Waals surface area contributed by atoms with Gasteiger partial charge in [-0.2, -0.15) is 0 Å². The normalized spacial score (nSPS) is 10.4. The predicted molar refractivity (Wildman–Crippen MR) is 77.7 cm³/mol. The number of rotatable bonds is 6. The van der Waals surface area contributed by atoms with E-state index in [-0.39, 0.29) is 22.2 Å². The van der Waals surface area contributed by atoms with Gasteiger partial charge in [0.2, 0.25) is 5.91 Å². The summed E-state index contributed by atoms with van der Waals surface area (Å²) in [5, 5.41) is 11.8. The standard InChI is InChI=1S/C14H18ClNO4/c1-8(2)4-5-13(17)16-11-7-12(20-3)9(14(18)19)6-10(11)15/h6-8H,4-5H2,1-3H3,(H,16,17)(H,18,19). The summed E-state index contributed by atoms with van der Waals surface area (Å²) in [5.74, 6) is -0.714. The fourth-order valence-electron chi connectivity index (χ4n) is 1.62. The molecule has 0 aromatic heterocycles. The molecule has 110 valence electrons. The third kappa shape index (κ3) is 4.42. The van der Waals surface area contributed by atoms with Gasteiger partial charge in [-0.1, -0.05) is 25.4 Å². The van der Waals surface area contributed by atoms with Crippen molar-refractivity contribution in [2.75, 3.05) is 12.4 Å². The zero-order valence-electron chi connectivity index (χ0n) is 11.7. The fraction of sp³-hybridized carbons (Fsp3) is 0.429. The largest absolute Gasteiger partial charge is 0.496 e. The lowest BCUT2D eigenvalue weighted by Crippen LogP contribution is -2.13.